The number of rotatable bonds is 1. The van der Waals surface area contributed by atoms with E-state index in [0.717, 1.165) is 12.1 Å². The predicted molar refractivity (Wildman–Crippen MR) is 47.7 cm³/mol. The zero-order valence-corrected chi connectivity index (χ0v) is 10.8. The molecule has 4 nitrogen and oxygen atoms in total. The van der Waals surface area contributed by atoms with Crippen molar-refractivity contribution in [2.75, 3.05) is 5.73 Å². The molecule has 0 amide bonds. The van der Waals surface area contributed by atoms with Gasteiger partial charge in [-0.3, -0.25) is 10.1 Å². The van der Waals surface area contributed by atoms with E-state index in [0.29, 0.717) is 0 Å². The molecule has 0 saturated heterocycles. The van der Waals surface area contributed by atoms with Gasteiger partial charge in [-0.1, -0.05) is 25.6 Å². The molecule has 14 heavy (non-hydrogen) atoms. The number of hydrogen-bond acceptors (Lipinski definition) is 3. The van der Waals surface area contributed by atoms with Gasteiger partial charge < -0.3 is 5.73 Å². The number of nitrogens with two attached hydrogens (primary N) is 1. The van der Waals surface area contributed by atoms with Crippen LogP contribution >= 0.6 is 0 Å². The maximum Gasteiger partial charge on any atom is 0.197 e. The van der Waals surface area contributed by atoms with Crippen molar-refractivity contribution < 1.29 is 42.0 Å². The van der Waals surface area contributed by atoms with Crippen molar-refractivity contribution in [3.05, 3.63) is 34.1 Å². The third-order valence-corrected chi connectivity index (χ3v) is 1.10. The fourth-order valence-corrected chi connectivity index (χ4v) is 0.613. The SMILES string of the molecule is CC.Nc1[c-]cc([N+](=O)[O-])c(F)c1.[Y]. The van der Waals surface area contributed by atoms with Gasteiger partial charge in [0.05, 0.1) is 5.82 Å². The van der Waals surface area contributed by atoms with Gasteiger partial charge in [0, 0.05) is 37.6 Å². The second-order valence-corrected chi connectivity index (χ2v) is 1.88. The summed E-state index contributed by atoms with van der Waals surface area (Å²) >= 11 is 0. The Labute approximate surface area is 107 Å². The summed E-state index contributed by atoms with van der Waals surface area (Å²) in [6.45, 7) is 4.00. The molecule has 0 aliphatic rings. The quantitative estimate of drug-likeness (QED) is 0.369. The largest absolute Gasteiger partial charge is 0.420 e. The Kier molecular flexibility index (Phi) is 8.89. The van der Waals surface area contributed by atoms with Crippen molar-refractivity contribution in [2.24, 2.45) is 0 Å². The maximum absolute atomic E-state index is 12.6. The van der Waals surface area contributed by atoms with E-state index < -0.39 is 16.4 Å². The van der Waals surface area contributed by atoms with E-state index in [9.17, 15) is 14.5 Å². The van der Waals surface area contributed by atoms with Crippen molar-refractivity contribution in [3.8, 4) is 0 Å². The third kappa shape index (κ3) is 4.62. The summed E-state index contributed by atoms with van der Waals surface area (Å²) in [6.07, 6.45) is 0. The van der Waals surface area contributed by atoms with Gasteiger partial charge in [0.25, 0.3) is 0 Å². The first-order valence-corrected chi connectivity index (χ1v) is 3.72. The number of nitro groups is 1. The first-order valence-electron chi connectivity index (χ1n) is 3.72. The van der Waals surface area contributed by atoms with Crippen LogP contribution in [-0.2, 0) is 32.7 Å². The first-order chi connectivity index (χ1) is 6.11. The molecule has 2 N–H and O–H groups in total. The molecule has 6 heteroatoms. The van der Waals surface area contributed by atoms with Crippen molar-refractivity contribution in [1.29, 1.82) is 0 Å². The number of benzene rings is 1. The average molecular weight is 274 g/mol. The second-order valence-electron chi connectivity index (χ2n) is 1.88. The van der Waals surface area contributed by atoms with Crippen LogP contribution in [0.4, 0.5) is 15.8 Å². The molecule has 0 saturated carbocycles. The van der Waals surface area contributed by atoms with Gasteiger partial charge in [-0.25, -0.2) is 4.39 Å². The summed E-state index contributed by atoms with van der Waals surface area (Å²) in [7, 11) is 0. The van der Waals surface area contributed by atoms with Gasteiger partial charge in [-0.05, 0) is 0 Å². The zero-order valence-electron chi connectivity index (χ0n) is 7.95. The van der Waals surface area contributed by atoms with Crippen LogP contribution in [0.5, 0.6) is 0 Å². The normalized spacial score (nSPS) is 7.93. The third-order valence-electron chi connectivity index (χ3n) is 1.10. The molecule has 1 aromatic carbocycles. The minimum absolute atomic E-state index is 0. The molecule has 0 aromatic heterocycles. The molecule has 1 aromatic rings. The smallest absolute Gasteiger partial charge is 0.197 e. The van der Waals surface area contributed by atoms with E-state index in [2.05, 4.69) is 6.07 Å². The van der Waals surface area contributed by atoms with Crippen molar-refractivity contribution in [3.63, 3.8) is 0 Å². The van der Waals surface area contributed by atoms with Crippen LogP contribution in [0.25, 0.3) is 0 Å². The Morgan fingerprint density at radius 2 is 2.07 bits per heavy atom. The molecule has 0 fully saturated rings. The topological polar surface area (TPSA) is 69.2 Å². The second kappa shape index (κ2) is 7.82. The molecular weight excluding hydrogens is 264 g/mol. The van der Waals surface area contributed by atoms with Crippen LogP contribution in [0.1, 0.15) is 13.8 Å². The Morgan fingerprint density at radius 1 is 1.57 bits per heavy atom. The summed E-state index contributed by atoms with van der Waals surface area (Å²) in [5.41, 5.74) is 4.55. The van der Waals surface area contributed by atoms with Gasteiger partial charge in [0.15, 0.2) is 5.69 Å². The number of nitrogens with zero attached hydrogens (tertiary/aromatic N) is 1. The minimum Gasteiger partial charge on any atom is -0.420 e. The molecular formula is C8H10FN2O2Y-. The van der Waals surface area contributed by atoms with Crippen LogP contribution in [-0.4, -0.2) is 4.92 Å². The van der Waals surface area contributed by atoms with E-state index in [-0.39, 0.29) is 38.4 Å². The predicted octanol–water partition coefficient (Wildman–Crippen LogP) is 2.14. The molecule has 0 aliphatic carbocycles. The van der Waals surface area contributed by atoms with Crippen LogP contribution < -0.4 is 5.73 Å². The van der Waals surface area contributed by atoms with Gasteiger partial charge in [-0.15, -0.1) is 6.07 Å². The van der Waals surface area contributed by atoms with E-state index in [1.165, 1.54) is 0 Å². The van der Waals surface area contributed by atoms with E-state index in [1.54, 1.807) is 0 Å². The summed E-state index contributed by atoms with van der Waals surface area (Å²) in [5.74, 6) is -0.939. The average Bonchev–Trinajstić information content (AvgIpc) is 2.07. The van der Waals surface area contributed by atoms with Gasteiger partial charge in [-0.2, -0.15) is 6.07 Å². The Balaban J connectivity index is 0. The molecule has 75 valence electrons. The zero-order chi connectivity index (χ0) is 10.4. The van der Waals surface area contributed by atoms with Crippen molar-refractivity contribution >= 4 is 11.4 Å². The molecule has 0 spiro atoms. The fourth-order valence-electron chi connectivity index (χ4n) is 0.613. The first kappa shape index (κ1) is 15.9. The number of nitrogen functional groups attached to an aromatic ring is 1. The van der Waals surface area contributed by atoms with Crippen molar-refractivity contribution in [1.82, 2.24) is 0 Å². The Morgan fingerprint density at radius 3 is 2.43 bits per heavy atom. The molecule has 0 atom stereocenters. The molecule has 1 radical (unpaired) electrons. The summed E-state index contributed by atoms with van der Waals surface area (Å²) in [6, 6.07) is 4.08. The molecule has 0 heterocycles. The van der Waals surface area contributed by atoms with E-state index in [4.69, 9.17) is 5.73 Å². The van der Waals surface area contributed by atoms with Gasteiger partial charge in [0.2, 0.25) is 0 Å². The van der Waals surface area contributed by atoms with E-state index in [1.807, 2.05) is 13.8 Å². The maximum atomic E-state index is 12.6. The van der Waals surface area contributed by atoms with Crippen LogP contribution in [0, 0.1) is 22.0 Å². The van der Waals surface area contributed by atoms with E-state index >= 15 is 0 Å². The molecule has 0 unspecified atom stereocenters. The number of anilines is 1. The van der Waals surface area contributed by atoms with Crippen LogP contribution in [0.2, 0.25) is 0 Å². The monoisotopic (exact) mass is 274 g/mol. The minimum atomic E-state index is -0.939. The molecule has 0 aliphatic heterocycles. The standard InChI is InChI=1S/C6H4FN2O2.C2H6.Y/c7-5-3-4(8)1-2-6(5)9(10)11;1-2;/h2-3H,8H2;1-2H3;/q-1;;. The van der Waals surface area contributed by atoms with Crippen molar-refractivity contribution in [2.45, 2.75) is 13.8 Å². The summed E-state index contributed by atoms with van der Waals surface area (Å²) < 4.78 is 12.6. The summed E-state index contributed by atoms with van der Waals surface area (Å²) in [4.78, 5) is 9.21. The number of halogens is 1. The van der Waals surface area contributed by atoms with Crippen LogP contribution in [0.3, 0.4) is 0 Å². The van der Waals surface area contributed by atoms with Crippen LogP contribution in [0.15, 0.2) is 12.1 Å². The van der Waals surface area contributed by atoms with Gasteiger partial charge >= 0.3 is 0 Å². The Bertz CT molecular complexity index is 307. The summed E-state index contributed by atoms with van der Waals surface area (Å²) in [5, 5.41) is 10.0. The Hall–Kier alpha value is -0.546. The van der Waals surface area contributed by atoms with Gasteiger partial charge in [0.1, 0.15) is 0 Å². The fraction of sp³-hybridized carbons (Fsp3) is 0.250. The molecule has 0 bridgehead atoms. The number of nitro benzene ring substituents is 1. The molecule has 1 rings (SSSR count). The number of hydrogen-bond donors (Lipinski definition) is 1.